The van der Waals surface area contributed by atoms with Crippen molar-refractivity contribution in [1.29, 1.82) is 0 Å². The van der Waals surface area contributed by atoms with Crippen molar-refractivity contribution in [2.45, 2.75) is 45.9 Å². The fourth-order valence-electron chi connectivity index (χ4n) is 1.60. The topological polar surface area (TPSA) is 0 Å². The lowest BCUT2D eigenvalue weighted by Crippen LogP contribution is -2.17. The minimum absolute atomic E-state index is 0.214. The Labute approximate surface area is 113 Å². The minimum Gasteiger partial charge on any atom is -0.0840 e. The van der Waals surface area contributed by atoms with Crippen molar-refractivity contribution in [1.82, 2.24) is 0 Å². The number of halogens is 2. The fraction of sp³-hybridized carbons (Fsp3) is 0.571. The van der Waals surface area contributed by atoms with Crippen LogP contribution in [-0.2, 0) is 0 Å². The summed E-state index contributed by atoms with van der Waals surface area (Å²) < 4.78 is 0. The second kappa shape index (κ2) is 5.10. The summed E-state index contributed by atoms with van der Waals surface area (Å²) in [5, 5.41) is 0.867. The maximum Gasteiger partial charge on any atom is 0.0461 e. The van der Waals surface area contributed by atoms with E-state index in [1.165, 1.54) is 16.7 Å². The largest absolute Gasteiger partial charge is 0.0840 e. The van der Waals surface area contributed by atoms with Crippen LogP contribution in [0.5, 0.6) is 0 Å². The molecular weight excluding hydrogens is 284 g/mol. The minimum atomic E-state index is 0.214. The molecule has 1 rings (SSSR count). The Kier molecular flexibility index (Phi) is 4.48. The lowest BCUT2D eigenvalue weighted by molar-refractivity contribution is 0.346. The van der Waals surface area contributed by atoms with Gasteiger partial charge in [0.1, 0.15) is 0 Å². The third-order valence-corrected chi connectivity index (χ3v) is 5.54. The molecule has 16 heavy (non-hydrogen) atoms. The summed E-state index contributed by atoms with van der Waals surface area (Å²) in [6.07, 6.45) is 1.12. The van der Waals surface area contributed by atoms with Crippen LogP contribution in [0.15, 0.2) is 12.1 Å². The first kappa shape index (κ1) is 14.1. The summed E-state index contributed by atoms with van der Waals surface area (Å²) in [7, 11) is 0. The van der Waals surface area contributed by atoms with Crippen LogP contribution in [0.1, 0.15) is 48.7 Å². The highest BCUT2D eigenvalue weighted by Gasteiger charge is 2.28. The first-order valence-electron chi connectivity index (χ1n) is 5.70. The normalized spacial score (nSPS) is 13.9. The van der Waals surface area contributed by atoms with Gasteiger partial charge < -0.3 is 0 Å². The van der Waals surface area contributed by atoms with E-state index in [0.29, 0.717) is 4.83 Å². The van der Waals surface area contributed by atoms with Crippen LogP contribution in [-0.4, -0.2) is 0 Å². The molecular formula is C14H20BrCl. The van der Waals surface area contributed by atoms with E-state index in [9.17, 15) is 0 Å². The van der Waals surface area contributed by atoms with Crippen LogP contribution in [0, 0.1) is 19.3 Å². The fourth-order valence-corrected chi connectivity index (χ4v) is 2.76. The van der Waals surface area contributed by atoms with E-state index in [1.54, 1.807) is 0 Å². The van der Waals surface area contributed by atoms with Crippen molar-refractivity contribution in [2.75, 3.05) is 0 Å². The number of aryl methyl sites for hydroxylation is 2. The standard InChI is InChI=1S/C14H20BrCl/c1-6-14(4,5)13(15)11-7-9(2)10(3)8-12(11)16/h7-8,13H,6H2,1-5H3. The summed E-state index contributed by atoms with van der Waals surface area (Å²) in [5.74, 6) is 0. The first-order chi connectivity index (χ1) is 7.29. The van der Waals surface area contributed by atoms with E-state index in [-0.39, 0.29) is 5.41 Å². The molecule has 0 radical (unpaired) electrons. The third-order valence-electron chi connectivity index (χ3n) is 3.48. The molecule has 0 bridgehead atoms. The van der Waals surface area contributed by atoms with Gasteiger partial charge in [0.25, 0.3) is 0 Å². The van der Waals surface area contributed by atoms with Crippen LogP contribution in [0.25, 0.3) is 0 Å². The van der Waals surface area contributed by atoms with Crippen molar-refractivity contribution in [3.8, 4) is 0 Å². The van der Waals surface area contributed by atoms with Gasteiger partial charge in [0.15, 0.2) is 0 Å². The zero-order valence-electron chi connectivity index (χ0n) is 10.7. The van der Waals surface area contributed by atoms with Gasteiger partial charge in [-0.25, -0.2) is 0 Å². The number of alkyl halides is 1. The molecule has 1 aromatic carbocycles. The van der Waals surface area contributed by atoms with Crippen LogP contribution in [0.4, 0.5) is 0 Å². The van der Waals surface area contributed by atoms with Crippen LogP contribution >= 0.6 is 27.5 Å². The number of rotatable bonds is 3. The van der Waals surface area contributed by atoms with Crippen LogP contribution in [0.3, 0.4) is 0 Å². The molecule has 0 aliphatic rings. The Morgan fingerprint density at radius 3 is 2.25 bits per heavy atom. The van der Waals surface area contributed by atoms with Gasteiger partial charge in [-0.05, 0) is 48.4 Å². The first-order valence-corrected chi connectivity index (χ1v) is 6.99. The van der Waals surface area contributed by atoms with E-state index in [1.807, 2.05) is 0 Å². The van der Waals surface area contributed by atoms with Crippen molar-refractivity contribution in [3.05, 3.63) is 33.8 Å². The van der Waals surface area contributed by atoms with Crippen LogP contribution < -0.4 is 0 Å². The molecule has 0 amide bonds. The van der Waals surface area contributed by atoms with E-state index < -0.39 is 0 Å². The summed E-state index contributed by atoms with van der Waals surface area (Å²) in [6.45, 7) is 11.0. The zero-order chi connectivity index (χ0) is 12.5. The lowest BCUT2D eigenvalue weighted by Gasteiger charge is -2.30. The maximum atomic E-state index is 6.33. The molecule has 0 aromatic heterocycles. The van der Waals surface area contributed by atoms with Crippen molar-refractivity contribution in [3.63, 3.8) is 0 Å². The molecule has 90 valence electrons. The van der Waals surface area contributed by atoms with Gasteiger partial charge in [-0.1, -0.05) is 54.4 Å². The Hall–Kier alpha value is -0.0100. The molecule has 0 fully saturated rings. The molecule has 0 N–H and O–H groups in total. The predicted octanol–water partition coefficient (Wildman–Crippen LogP) is 5.83. The van der Waals surface area contributed by atoms with Crippen molar-refractivity contribution >= 4 is 27.5 Å². The van der Waals surface area contributed by atoms with E-state index in [4.69, 9.17) is 11.6 Å². The van der Waals surface area contributed by atoms with Gasteiger partial charge in [0, 0.05) is 9.85 Å². The highest BCUT2D eigenvalue weighted by atomic mass is 79.9. The third kappa shape index (κ3) is 2.81. The molecule has 0 saturated heterocycles. The van der Waals surface area contributed by atoms with Crippen molar-refractivity contribution in [2.24, 2.45) is 5.41 Å². The molecule has 0 saturated carbocycles. The average molecular weight is 304 g/mol. The summed E-state index contributed by atoms with van der Waals surface area (Å²) in [6, 6.07) is 4.26. The Balaban J connectivity index is 3.19. The van der Waals surface area contributed by atoms with E-state index >= 15 is 0 Å². The predicted molar refractivity (Wildman–Crippen MR) is 76.7 cm³/mol. The quantitative estimate of drug-likeness (QED) is 0.616. The van der Waals surface area contributed by atoms with Gasteiger partial charge in [-0.2, -0.15) is 0 Å². The zero-order valence-corrected chi connectivity index (χ0v) is 13.0. The Bertz CT molecular complexity index is 383. The second-order valence-corrected chi connectivity index (χ2v) is 6.49. The average Bonchev–Trinajstić information content (AvgIpc) is 2.22. The summed E-state index contributed by atoms with van der Waals surface area (Å²) in [5.41, 5.74) is 3.97. The van der Waals surface area contributed by atoms with E-state index in [0.717, 1.165) is 11.4 Å². The number of hydrogen-bond acceptors (Lipinski definition) is 0. The molecule has 0 aliphatic heterocycles. The smallest absolute Gasteiger partial charge is 0.0461 e. The molecule has 0 aliphatic carbocycles. The molecule has 1 atom stereocenters. The number of benzene rings is 1. The Morgan fingerprint density at radius 2 is 1.75 bits per heavy atom. The molecule has 0 heterocycles. The van der Waals surface area contributed by atoms with Crippen molar-refractivity contribution < 1.29 is 0 Å². The molecule has 0 spiro atoms. The highest BCUT2D eigenvalue weighted by molar-refractivity contribution is 9.09. The molecule has 1 aromatic rings. The van der Waals surface area contributed by atoms with Gasteiger partial charge in [-0.15, -0.1) is 0 Å². The highest BCUT2D eigenvalue weighted by Crippen LogP contribution is 2.45. The van der Waals surface area contributed by atoms with Gasteiger partial charge in [0.2, 0.25) is 0 Å². The molecule has 0 nitrogen and oxygen atoms in total. The molecule has 2 heteroatoms. The second-order valence-electron chi connectivity index (χ2n) is 5.16. The van der Waals surface area contributed by atoms with E-state index in [2.05, 4.69) is 62.7 Å². The maximum absolute atomic E-state index is 6.33. The Morgan fingerprint density at radius 1 is 1.25 bits per heavy atom. The van der Waals surface area contributed by atoms with Gasteiger partial charge in [0.05, 0.1) is 0 Å². The molecule has 1 unspecified atom stereocenters. The summed E-state index contributed by atoms with van der Waals surface area (Å²) in [4.78, 5) is 0.303. The van der Waals surface area contributed by atoms with Crippen LogP contribution in [0.2, 0.25) is 5.02 Å². The number of hydrogen-bond donors (Lipinski definition) is 0. The monoisotopic (exact) mass is 302 g/mol. The summed E-state index contributed by atoms with van der Waals surface area (Å²) >= 11 is 10.1. The SMILES string of the molecule is CCC(C)(C)C(Br)c1cc(C)c(C)cc1Cl. The van der Waals surface area contributed by atoms with Gasteiger partial charge in [-0.3, -0.25) is 0 Å². The lowest BCUT2D eigenvalue weighted by atomic mass is 9.82. The van der Waals surface area contributed by atoms with Gasteiger partial charge >= 0.3 is 0 Å².